The summed E-state index contributed by atoms with van der Waals surface area (Å²) in [5, 5.41) is 0. The van der Waals surface area contributed by atoms with Crippen LogP contribution in [-0.2, 0) is 0 Å². The fraction of sp³-hybridized carbons (Fsp3) is 0.333. The molecule has 16 heavy (non-hydrogen) atoms. The van der Waals surface area contributed by atoms with Gasteiger partial charge in [-0.05, 0) is 24.0 Å². The lowest BCUT2D eigenvalue weighted by atomic mass is 10.1. The van der Waals surface area contributed by atoms with Crippen molar-refractivity contribution < 1.29 is 9.47 Å². The summed E-state index contributed by atoms with van der Waals surface area (Å²) in [7, 11) is 0. The van der Waals surface area contributed by atoms with Gasteiger partial charge >= 0.3 is 0 Å². The smallest absolute Gasteiger partial charge is 0.162 e. The average Bonchev–Trinajstić information content (AvgIpc) is 2.35. The van der Waals surface area contributed by atoms with E-state index in [0.29, 0.717) is 19.8 Å². The molecule has 3 nitrogen and oxygen atoms in total. The number of hydrogen-bond acceptors (Lipinski definition) is 4. The molecule has 0 radical (unpaired) electrons. The first-order valence-electron chi connectivity index (χ1n) is 5.19. The molecule has 2 rings (SSSR count). The summed E-state index contributed by atoms with van der Waals surface area (Å²) >= 11 is 1.69. The standard InChI is InChI=1S/C12H15NO2S/c1-16-12-8-11-10(14-5-6-15-11)7-9(12)3-2-4-13/h2-3,7-8H,4-6,13H2,1H3/b3-2+. The van der Waals surface area contributed by atoms with Crippen molar-refractivity contribution in [2.45, 2.75) is 4.90 Å². The average molecular weight is 237 g/mol. The molecule has 0 bridgehead atoms. The number of rotatable bonds is 3. The fourth-order valence-corrected chi connectivity index (χ4v) is 2.18. The highest BCUT2D eigenvalue weighted by molar-refractivity contribution is 7.98. The maximum Gasteiger partial charge on any atom is 0.162 e. The third-order valence-corrected chi connectivity index (χ3v) is 3.12. The first kappa shape index (κ1) is 11.4. The van der Waals surface area contributed by atoms with E-state index in [-0.39, 0.29) is 0 Å². The van der Waals surface area contributed by atoms with Crippen molar-refractivity contribution in [2.75, 3.05) is 26.0 Å². The number of ether oxygens (including phenoxy) is 2. The lowest BCUT2D eigenvalue weighted by molar-refractivity contribution is 0.171. The van der Waals surface area contributed by atoms with E-state index in [1.54, 1.807) is 11.8 Å². The van der Waals surface area contributed by atoms with Gasteiger partial charge in [-0.1, -0.05) is 12.2 Å². The maximum atomic E-state index is 5.54. The van der Waals surface area contributed by atoms with E-state index in [2.05, 4.69) is 0 Å². The van der Waals surface area contributed by atoms with Crippen LogP contribution in [0.25, 0.3) is 6.08 Å². The second-order valence-corrected chi connectivity index (χ2v) is 4.22. The molecule has 1 heterocycles. The molecule has 86 valence electrons. The molecule has 0 unspecified atom stereocenters. The normalized spacial score (nSPS) is 14.4. The Morgan fingerprint density at radius 1 is 1.31 bits per heavy atom. The summed E-state index contributed by atoms with van der Waals surface area (Å²) in [6.07, 6.45) is 6.00. The van der Waals surface area contributed by atoms with Gasteiger partial charge in [-0.15, -0.1) is 11.8 Å². The van der Waals surface area contributed by atoms with Crippen LogP contribution in [-0.4, -0.2) is 26.0 Å². The first-order valence-corrected chi connectivity index (χ1v) is 6.42. The van der Waals surface area contributed by atoms with Crippen molar-refractivity contribution in [3.63, 3.8) is 0 Å². The number of nitrogens with two attached hydrogens (primary N) is 1. The van der Waals surface area contributed by atoms with Gasteiger partial charge in [0, 0.05) is 11.4 Å². The Hall–Kier alpha value is -1.13. The van der Waals surface area contributed by atoms with Gasteiger partial charge in [0.1, 0.15) is 13.2 Å². The summed E-state index contributed by atoms with van der Waals surface area (Å²) in [6, 6.07) is 4.03. The molecule has 1 aliphatic heterocycles. The third-order valence-electron chi connectivity index (χ3n) is 2.33. The van der Waals surface area contributed by atoms with Crippen LogP contribution in [0.3, 0.4) is 0 Å². The van der Waals surface area contributed by atoms with Crippen LogP contribution in [0.1, 0.15) is 5.56 Å². The Morgan fingerprint density at radius 2 is 2.00 bits per heavy atom. The molecule has 0 fully saturated rings. The van der Waals surface area contributed by atoms with Crippen LogP contribution in [0, 0.1) is 0 Å². The van der Waals surface area contributed by atoms with E-state index in [9.17, 15) is 0 Å². The SMILES string of the molecule is CSc1cc2c(cc1/C=C/CN)OCCO2. The fourth-order valence-electron chi connectivity index (χ4n) is 1.59. The minimum atomic E-state index is 0.544. The lowest BCUT2D eigenvalue weighted by Gasteiger charge is -2.20. The molecular formula is C12H15NO2S. The predicted octanol–water partition coefficient (Wildman–Crippen LogP) is 2.15. The van der Waals surface area contributed by atoms with Gasteiger partial charge in [-0.2, -0.15) is 0 Å². The summed E-state index contributed by atoms with van der Waals surface area (Å²) in [5.41, 5.74) is 6.58. The van der Waals surface area contributed by atoms with Crippen LogP contribution in [0.4, 0.5) is 0 Å². The van der Waals surface area contributed by atoms with Crippen molar-refractivity contribution in [3.8, 4) is 11.5 Å². The monoisotopic (exact) mass is 237 g/mol. The van der Waals surface area contributed by atoms with Gasteiger partial charge in [0.2, 0.25) is 0 Å². The van der Waals surface area contributed by atoms with E-state index >= 15 is 0 Å². The number of thioether (sulfide) groups is 1. The molecule has 1 aromatic carbocycles. The molecule has 4 heteroatoms. The molecule has 2 N–H and O–H groups in total. The topological polar surface area (TPSA) is 44.5 Å². The number of benzene rings is 1. The number of hydrogen-bond donors (Lipinski definition) is 1. The molecule has 0 aliphatic carbocycles. The van der Waals surface area contributed by atoms with Crippen LogP contribution in [0.15, 0.2) is 23.1 Å². The van der Waals surface area contributed by atoms with Gasteiger partial charge < -0.3 is 15.2 Å². The molecule has 0 aromatic heterocycles. The molecule has 1 aromatic rings. The summed E-state index contributed by atoms with van der Waals surface area (Å²) in [4.78, 5) is 1.17. The lowest BCUT2D eigenvalue weighted by Crippen LogP contribution is -2.15. The molecule has 0 saturated carbocycles. The third kappa shape index (κ3) is 2.33. The Bertz CT molecular complexity index is 404. The van der Waals surface area contributed by atoms with E-state index in [4.69, 9.17) is 15.2 Å². The second-order valence-electron chi connectivity index (χ2n) is 3.38. The summed E-state index contributed by atoms with van der Waals surface area (Å²) in [5.74, 6) is 1.65. The molecule has 0 atom stereocenters. The van der Waals surface area contributed by atoms with Gasteiger partial charge in [-0.3, -0.25) is 0 Å². The van der Waals surface area contributed by atoms with Crippen molar-refractivity contribution in [1.82, 2.24) is 0 Å². The van der Waals surface area contributed by atoms with Gasteiger partial charge in [-0.25, -0.2) is 0 Å². The molecular weight excluding hydrogens is 222 g/mol. The Kier molecular flexibility index (Phi) is 3.74. The van der Waals surface area contributed by atoms with Crippen molar-refractivity contribution in [2.24, 2.45) is 5.73 Å². The molecule has 0 saturated heterocycles. The van der Waals surface area contributed by atoms with Crippen molar-refractivity contribution in [1.29, 1.82) is 0 Å². The van der Waals surface area contributed by atoms with Crippen molar-refractivity contribution in [3.05, 3.63) is 23.8 Å². The predicted molar refractivity (Wildman–Crippen MR) is 67.3 cm³/mol. The molecule has 0 amide bonds. The van der Waals surface area contributed by atoms with E-state index in [1.165, 1.54) is 4.90 Å². The summed E-state index contributed by atoms with van der Waals surface area (Å²) < 4.78 is 11.1. The minimum Gasteiger partial charge on any atom is -0.486 e. The van der Waals surface area contributed by atoms with Crippen LogP contribution >= 0.6 is 11.8 Å². The van der Waals surface area contributed by atoms with Gasteiger partial charge in [0.25, 0.3) is 0 Å². The van der Waals surface area contributed by atoms with Gasteiger partial charge in [0.05, 0.1) is 0 Å². The van der Waals surface area contributed by atoms with Crippen molar-refractivity contribution >= 4 is 17.8 Å². The quantitative estimate of drug-likeness (QED) is 0.818. The zero-order chi connectivity index (χ0) is 11.4. The van der Waals surface area contributed by atoms with Crippen LogP contribution in [0.2, 0.25) is 0 Å². The largest absolute Gasteiger partial charge is 0.486 e. The second kappa shape index (κ2) is 5.27. The highest BCUT2D eigenvalue weighted by Gasteiger charge is 2.14. The van der Waals surface area contributed by atoms with Crippen LogP contribution < -0.4 is 15.2 Å². The highest BCUT2D eigenvalue weighted by Crippen LogP contribution is 2.36. The van der Waals surface area contributed by atoms with E-state index in [1.807, 2.05) is 30.5 Å². The van der Waals surface area contributed by atoms with Crippen LogP contribution in [0.5, 0.6) is 11.5 Å². The summed E-state index contributed by atoms with van der Waals surface area (Å²) in [6.45, 7) is 1.78. The van der Waals surface area contributed by atoms with E-state index < -0.39 is 0 Å². The Morgan fingerprint density at radius 3 is 2.62 bits per heavy atom. The highest BCUT2D eigenvalue weighted by atomic mass is 32.2. The first-order chi connectivity index (χ1) is 7.85. The molecule has 0 spiro atoms. The number of fused-ring (bicyclic) bond motifs is 1. The minimum absolute atomic E-state index is 0.544. The Labute approximate surface area is 99.6 Å². The maximum absolute atomic E-state index is 5.54. The molecule has 1 aliphatic rings. The zero-order valence-electron chi connectivity index (χ0n) is 9.23. The van der Waals surface area contributed by atoms with Gasteiger partial charge in [0.15, 0.2) is 11.5 Å². The Balaban J connectivity index is 2.39. The van der Waals surface area contributed by atoms with E-state index in [0.717, 1.165) is 17.1 Å². The zero-order valence-corrected chi connectivity index (χ0v) is 10.0.